The van der Waals surface area contributed by atoms with Crippen LogP contribution >= 0.6 is 0 Å². The second-order valence-corrected chi connectivity index (χ2v) is 5.93. The van der Waals surface area contributed by atoms with Gasteiger partial charge in [-0.05, 0) is 38.3 Å². The first kappa shape index (κ1) is 15.5. The van der Waals surface area contributed by atoms with Gasteiger partial charge in [-0.2, -0.15) is 0 Å². The van der Waals surface area contributed by atoms with Crippen molar-refractivity contribution in [3.8, 4) is 0 Å². The summed E-state index contributed by atoms with van der Waals surface area (Å²) in [6, 6.07) is 5.72. The van der Waals surface area contributed by atoms with Crippen molar-refractivity contribution in [1.82, 2.24) is 5.32 Å². The highest BCUT2D eigenvalue weighted by Gasteiger charge is 2.39. The number of hydrogen-bond donors (Lipinski definition) is 1. The number of carbonyl (C=O) groups excluding carboxylic acids is 2. The number of hydrogen-bond acceptors (Lipinski definition) is 2. The number of rotatable bonds is 5. The molecule has 0 spiro atoms. The predicted octanol–water partition coefficient (Wildman–Crippen LogP) is 2.96. The number of carbonyl (C=O) groups is 2. The fourth-order valence-corrected chi connectivity index (χ4v) is 2.86. The Balaban J connectivity index is 2.40. The third-order valence-corrected chi connectivity index (χ3v) is 3.83. The Morgan fingerprint density at radius 2 is 2.10 bits per heavy atom. The molecular weight excluding hydrogens is 264 g/mol. The van der Waals surface area contributed by atoms with Gasteiger partial charge in [-0.3, -0.25) is 9.59 Å². The van der Waals surface area contributed by atoms with E-state index >= 15 is 0 Å². The second-order valence-electron chi connectivity index (χ2n) is 5.93. The van der Waals surface area contributed by atoms with E-state index in [9.17, 15) is 9.59 Å². The van der Waals surface area contributed by atoms with E-state index in [1.165, 1.54) is 12.5 Å². The van der Waals surface area contributed by atoms with Crippen molar-refractivity contribution in [2.45, 2.75) is 59.0 Å². The van der Waals surface area contributed by atoms with Crippen LogP contribution in [0.4, 0.5) is 5.69 Å². The van der Waals surface area contributed by atoms with Crippen molar-refractivity contribution in [1.29, 1.82) is 0 Å². The molecule has 0 aliphatic carbocycles. The first-order chi connectivity index (χ1) is 9.95. The molecule has 1 aromatic carbocycles. The minimum absolute atomic E-state index is 0.0390. The maximum atomic E-state index is 12.6. The SMILES string of the molecule is CCCCc1ccc2c(c1)C(NC(C)=O)C(=O)N2C(C)C. The zero-order valence-corrected chi connectivity index (χ0v) is 13.3. The van der Waals surface area contributed by atoms with Crippen LogP contribution in [0.1, 0.15) is 57.7 Å². The summed E-state index contributed by atoms with van der Waals surface area (Å²) in [5.41, 5.74) is 3.08. The number of aryl methyl sites for hydroxylation is 1. The highest BCUT2D eigenvalue weighted by molar-refractivity contribution is 6.06. The molecule has 1 atom stereocenters. The molecule has 1 heterocycles. The maximum Gasteiger partial charge on any atom is 0.254 e. The highest BCUT2D eigenvalue weighted by Crippen LogP contribution is 2.38. The van der Waals surface area contributed by atoms with Crippen LogP contribution < -0.4 is 10.2 Å². The zero-order valence-electron chi connectivity index (χ0n) is 13.3. The molecule has 1 unspecified atom stereocenters. The summed E-state index contributed by atoms with van der Waals surface area (Å²) in [6.07, 6.45) is 3.28. The molecule has 2 rings (SSSR count). The molecule has 0 aromatic heterocycles. The number of benzene rings is 1. The monoisotopic (exact) mass is 288 g/mol. The lowest BCUT2D eigenvalue weighted by atomic mass is 10.0. The van der Waals surface area contributed by atoms with Gasteiger partial charge in [-0.15, -0.1) is 0 Å². The van der Waals surface area contributed by atoms with Crippen molar-refractivity contribution in [2.24, 2.45) is 0 Å². The summed E-state index contributed by atoms with van der Waals surface area (Å²) in [4.78, 5) is 25.8. The van der Waals surface area contributed by atoms with Gasteiger partial charge in [0.05, 0.1) is 0 Å². The van der Waals surface area contributed by atoms with Crippen molar-refractivity contribution >= 4 is 17.5 Å². The number of fused-ring (bicyclic) bond motifs is 1. The molecule has 0 saturated carbocycles. The van der Waals surface area contributed by atoms with E-state index in [-0.39, 0.29) is 17.9 Å². The summed E-state index contributed by atoms with van der Waals surface area (Å²) < 4.78 is 0. The lowest BCUT2D eigenvalue weighted by molar-refractivity contribution is -0.126. The van der Waals surface area contributed by atoms with Crippen LogP contribution in [0.3, 0.4) is 0 Å². The molecule has 1 aliphatic rings. The Morgan fingerprint density at radius 3 is 2.67 bits per heavy atom. The van der Waals surface area contributed by atoms with Gasteiger partial charge >= 0.3 is 0 Å². The van der Waals surface area contributed by atoms with Crippen LogP contribution in [0.15, 0.2) is 18.2 Å². The fourth-order valence-electron chi connectivity index (χ4n) is 2.86. The Hall–Kier alpha value is -1.84. The van der Waals surface area contributed by atoms with Gasteiger partial charge in [0.15, 0.2) is 0 Å². The van der Waals surface area contributed by atoms with Crippen LogP contribution in [0.5, 0.6) is 0 Å². The van der Waals surface area contributed by atoms with Crippen LogP contribution in [0.2, 0.25) is 0 Å². The normalized spacial score (nSPS) is 17.3. The van der Waals surface area contributed by atoms with Gasteiger partial charge in [0.2, 0.25) is 5.91 Å². The number of unbranched alkanes of at least 4 members (excludes halogenated alkanes) is 1. The van der Waals surface area contributed by atoms with E-state index in [2.05, 4.69) is 24.4 Å². The molecule has 4 heteroatoms. The van der Waals surface area contributed by atoms with E-state index in [0.717, 1.165) is 30.5 Å². The molecule has 0 fully saturated rings. The third-order valence-electron chi connectivity index (χ3n) is 3.83. The topological polar surface area (TPSA) is 49.4 Å². The number of anilines is 1. The Kier molecular flexibility index (Phi) is 4.66. The minimum Gasteiger partial charge on any atom is -0.341 e. The zero-order chi connectivity index (χ0) is 15.6. The van der Waals surface area contributed by atoms with Crippen molar-refractivity contribution in [3.05, 3.63) is 29.3 Å². The van der Waals surface area contributed by atoms with Gasteiger partial charge in [-0.1, -0.05) is 25.5 Å². The van der Waals surface area contributed by atoms with Crippen LogP contribution in [0, 0.1) is 0 Å². The third kappa shape index (κ3) is 3.09. The second kappa shape index (κ2) is 6.29. The average molecular weight is 288 g/mol. The lowest BCUT2D eigenvalue weighted by Gasteiger charge is -2.22. The van der Waals surface area contributed by atoms with E-state index in [0.29, 0.717) is 0 Å². The van der Waals surface area contributed by atoms with Gasteiger partial charge < -0.3 is 10.2 Å². The molecule has 4 nitrogen and oxygen atoms in total. The molecule has 1 aromatic rings. The Morgan fingerprint density at radius 1 is 1.38 bits per heavy atom. The summed E-state index contributed by atoms with van der Waals surface area (Å²) in [5.74, 6) is -0.216. The first-order valence-corrected chi connectivity index (χ1v) is 7.68. The van der Waals surface area contributed by atoms with E-state index < -0.39 is 6.04 Å². The van der Waals surface area contributed by atoms with Crippen molar-refractivity contribution in [3.63, 3.8) is 0 Å². The number of nitrogens with zero attached hydrogens (tertiary/aromatic N) is 1. The smallest absolute Gasteiger partial charge is 0.254 e. The van der Waals surface area contributed by atoms with Crippen LogP contribution in [-0.4, -0.2) is 17.9 Å². The summed E-state index contributed by atoms with van der Waals surface area (Å²) in [7, 11) is 0. The molecule has 114 valence electrons. The average Bonchev–Trinajstić information content (AvgIpc) is 2.68. The summed E-state index contributed by atoms with van der Waals surface area (Å²) >= 11 is 0. The van der Waals surface area contributed by atoms with Gasteiger partial charge in [0.1, 0.15) is 6.04 Å². The summed E-state index contributed by atoms with van der Waals surface area (Å²) in [5, 5.41) is 2.79. The number of amides is 2. The van der Waals surface area contributed by atoms with E-state index in [4.69, 9.17) is 0 Å². The molecule has 0 saturated heterocycles. The lowest BCUT2D eigenvalue weighted by Crippen LogP contribution is -2.39. The van der Waals surface area contributed by atoms with Gasteiger partial charge in [0.25, 0.3) is 5.91 Å². The van der Waals surface area contributed by atoms with Crippen molar-refractivity contribution in [2.75, 3.05) is 4.90 Å². The predicted molar refractivity (Wildman–Crippen MR) is 84.2 cm³/mol. The molecule has 0 bridgehead atoms. The first-order valence-electron chi connectivity index (χ1n) is 7.68. The molecule has 1 aliphatic heterocycles. The highest BCUT2D eigenvalue weighted by atomic mass is 16.2. The molecule has 0 radical (unpaired) electrons. The van der Waals surface area contributed by atoms with Gasteiger partial charge in [-0.25, -0.2) is 0 Å². The maximum absolute atomic E-state index is 12.6. The molecule has 2 amide bonds. The van der Waals surface area contributed by atoms with Gasteiger partial charge in [0, 0.05) is 24.2 Å². The largest absolute Gasteiger partial charge is 0.341 e. The van der Waals surface area contributed by atoms with E-state index in [1.54, 1.807) is 4.90 Å². The molecule has 1 N–H and O–H groups in total. The number of nitrogens with one attached hydrogen (secondary N) is 1. The molecular formula is C17H24N2O2. The Bertz CT molecular complexity index is 552. The quantitative estimate of drug-likeness (QED) is 0.905. The van der Waals surface area contributed by atoms with E-state index in [1.807, 2.05) is 19.9 Å². The summed E-state index contributed by atoms with van der Waals surface area (Å²) in [6.45, 7) is 7.59. The standard InChI is InChI=1S/C17H24N2O2/c1-5-6-7-13-8-9-15-14(10-13)16(18-12(4)20)17(21)19(15)11(2)3/h8-11,16H,5-7H2,1-4H3,(H,18,20). The van der Waals surface area contributed by atoms with Crippen molar-refractivity contribution < 1.29 is 9.59 Å². The fraction of sp³-hybridized carbons (Fsp3) is 0.529. The Labute approximate surface area is 126 Å². The van der Waals surface area contributed by atoms with Crippen LogP contribution in [0.25, 0.3) is 0 Å². The minimum atomic E-state index is -0.540. The van der Waals surface area contributed by atoms with Crippen LogP contribution in [-0.2, 0) is 16.0 Å². The molecule has 21 heavy (non-hydrogen) atoms.